The van der Waals surface area contributed by atoms with Crippen molar-refractivity contribution in [3.8, 4) is 11.5 Å². The molecular formula is C26H30N2O5S. The summed E-state index contributed by atoms with van der Waals surface area (Å²) in [5.41, 5.74) is 2.11. The summed E-state index contributed by atoms with van der Waals surface area (Å²) in [6.07, 6.45) is 0. The number of hydrogen-bond acceptors (Lipinski definition) is 5. The van der Waals surface area contributed by atoms with E-state index in [4.69, 9.17) is 9.47 Å². The molecule has 0 bridgehead atoms. The van der Waals surface area contributed by atoms with Crippen LogP contribution in [0.15, 0.2) is 77.7 Å². The highest BCUT2D eigenvalue weighted by molar-refractivity contribution is 7.92. The van der Waals surface area contributed by atoms with Crippen molar-refractivity contribution < 1.29 is 22.7 Å². The van der Waals surface area contributed by atoms with Crippen LogP contribution >= 0.6 is 0 Å². The first-order chi connectivity index (χ1) is 16.3. The summed E-state index contributed by atoms with van der Waals surface area (Å²) < 4.78 is 39.2. The van der Waals surface area contributed by atoms with Gasteiger partial charge in [0.1, 0.15) is 18.0 Å². The Morgan fingerprint density at radius 2 is 1.65 bits per heavy atom. The summed E-state index contributed by atoms with van der Waals surface area (Å²) >= 11 is 0. The Labute approximate surface area is 201 Å². The molecule has 8 heteroatoms. The molecule has 0 saturated heterocycles. The molecule has 3 aromatic carbocycles. The van der Waals surface area contributed by atoms with Crippen LogP contribution in [-0.2, 0) is 14.8 Å². The first-order valence-electron chi connectivity index (χ1n) is 11.0. The minimum atomic E-state index is -4.04. The highest BCUT2D eigenvalue weighted by Crippen LogP contribution is 2.32. The van der Waals surface area contributed by atoms with Crippen LogP contribution in [0.1, 0.15) is 31.0 Å². The van der Waals surface area contributed by atoms with Crippen LogP contribution < -0.4 is 19.1 Å². The Kier molecular flexibility index (Phi) is 8.17. The van der Waals surface area contributed by atoms with Gasteiger partial charge in [-0.3, -0.25) is 9.10 Å². The van der Waals surface area contributed by atoms with E-state index in [1.54, 1.807) is 55.6 Å². The van der Waals surface area contributed by atoms with Crippen molar-refractivity contribution in [3.63, 3.8) is 0 Å². The van der Waals surface area contributed by atoms with Crippen LogP contribution in [0.5, 0.6) is 11.5 Å². The second-order valence-electron chi connectivity index (χ2n) is 7.79. The van der Waals surface area contributed by atoms with Gasteiger partial charge in [-0.05, 0) is 62.7 Å². The number of amides is 1. The van der Waals surface area contributed by atoms with E-state index in [0.717, 1.165) is 15.4 Å². The Morgan fingerprint density at radius 1 is 1.00 bits per heavy atom. The summed E-state index contributed by atoms with van der Waals surface area (Å²) in [6, 6.07) is 20.3. The molecule has 0 aliphatic heterocycles. The summed E-state index contributed by atoms with van der Waals surface area (Å²) in [5.74, 6) is 0.659. The van der Waals surface area contributed by atoms with Gasteiger partial charge in [0, 0.05) is 0 Å². The second kappa shape index (κ2) is 11.1. The van der Waals surface area contributed by atoms with E-state index in [1.165, 1.54) is 0 Å². The normalized spacial score (nSPS) is 12.0. The number of carbonyl (C=O) groups excluding carboxylic acids is 1. The average Bonchev–Trinajstić information content (AvgIpc) is 2.83. The van der Waals surface area contributed by atoms with Gasteiger partial charge in [-0.25, -0.2) is 8.42 Å². The molecule has 7 nitrogen and oxygen atoms in total. The SMILES string of the molecule is CCOc1ccccc1N(CC(=O)N[C@H](C)c1ccc(OC)cc1)S(=O)(=O)c1ccc(C)cc1. The van der Waals surface area contributed by atoms with Crippen LogP contribution in [0, 0.1) is 6.92 Å². The van der Waals surface area contributed by atoms with Gasteiger partial charge in [0.05, 0.1) is 30.3 Å². The number of anilines is 1. The summed E-state index contributed by atoms with van der Waals surface area (Å²) in [6.45, 7) is 5.50. The molecule has 1 N–H and O–H groups in total. The fourth-order valence-electron chi connectivity index (χ4n) is 3.47. The minimum absolute atomic E-state index is 0.0976. The molecule has 1 amide bonds. The molecule has 0 heterocycles. The molecule has 3 rings (SSSR count). The first kappa shape index (κ1) is 25.1. The van der Waals surface area contributed by atoms with E-state index in [9.17, 15) is 13.2 Å². The lowest BCUT2D eigenvalue weighted by Crippen LogP contribution is -2.41. The summed E-state index contributed by atoms with van der Waals surface area (Å²) in [4.78, 5) is 13.1. The number of methoxy groups -OCH3 is 1. The summed E-state index contributed by atoms with van der Waals surface area (Å²) in [7, 11) is -2.45. The zero-order valence-corrected chi connectivity index (χ0v) is 20.6. The number of carbonyl (C=O) groups is 1. The number of nitrogens with one attached hydrogen (secondary N) is 1. The Morgan fingerprint density at radius 3 is 2.26 bits per heavy atom. The third kappa shape index (κ3) is 5.88. The molecule has 0 spiro atoms. The van der Waals surface area contributed by atoms with Gasteiger partial charge in [0.2, 0.25) is 5.91 Å². The molecule has 0 saturated carbocycles. The molecule has 0 aromatic heterocycles. The van der Waals surface area contributed by atoms with E-state index in [1.807, 2.05) is 45.0 Å². The minimum Gasteiger partial charge on any atom is -0.497 e. The Bertz CT molecular complexity index is 1210. The van der Waals surface area contributed by atoms with Crippen molar-refractivity contribution in [3.05, 3.63) is 83.9 Å². The van der Waals surface area contributed by atoms with Crippen LogP contribution in [-0.4, -0.2) is 34.6 Å². The molecular weight excluding hydrogens is 452 g/mol. The number of nitrogens with zero attached hydrogens (tertiary/aromatic N) is 1. The third-order valence-electron chi connectivity index (χ3n) is 5.32. The standard InChI is InChI=1S/C26H30N2O5S/c1-5-33-25-9-7-6-8-24(25)28(34(30,31)23-16-10-19(2)11-17-23)18-26(29)27-20(3)21-12-14-22(32-4)15-13-21/h6-17,20H,5,18H2,1-4H3,(H,27,29)/t20-/m1/s1. The van der Waals surface area contributed by atoms with Gasteiger partial charge >= 0.3 is 0 Å². The monoisotopic (exact) mass is 482 g/mol. The van der Waals surface area contributed by atoms with Crippen molar-refractivity contribution in [1.82, 2.24) is 5.32 Å². The highest BCUT2D eigenvalue weighted by atomic mass is 32.2. The quantitative estimate of drug-likeness (QED) is 0.461. The van der Waals surface area contributed by atoms with Crippen molar-refractivity contribution >= 4 is 21.6 Å². The molecule has 3 aromatic rings. The largest absolute Gasteiger partial charge is 0.497 e. The van der Waals surface area contributed by atoms with Crippen LogP contribution in [0.2, 0.25) is 0 Å². The highest BCUT2D eigenvalue weighted by Gasteiger charge is 2.29. The van der Waals surface area contributed by atoms with Gasteiger partial charge in [0.15, 0.2) is 0 Å². The van der Waals surface area contributed by atoms with Crippen LogP contribution in [0.4, 0.5) is 5.69 Å². The van der Waals surface area contributed by atoms with Gasteiger partial charge in [-0.2, -0.15) is 0 Å². The predicted octanol–water partition coefficient (Wildman–Crippen LogP) is 4.48. The van der Waals surface area contributed by atoms with Crippen molar-refractivity contribution in [1.29, 1.82) is 0 Å². The van der Waals surface area contributed by atoms with Gasteiger partial charge in [-0.1, -0.05) is 42.0 Å². The van der Waals surface area contributed by atoms with Crippen molar-refractivity contribution in [2.24, 2.45) is 0 Å². The van der Waals surface area contributed by atoms with E-state index < -0.39 is 22.5 Å². The number of hydrogen-bond donors (Lipinski definition) is 1. The average molecular weight is 483 g/mol. The molecule has 1 atom stereocenters. The molecule has 0 fully saturated rings. The maximum atomic E-state index is 13.6. The number of aryl methyl sites for hydroxylation is 1. The van der Waals surface area contributed by atoms with Crippen LogP contribution in [0.25, 0.3) is 0 Å². The molecule has 0 aliphatic rings. The van der Waals surface area contributed by atoms with Crippen molar-refractivity contribution in [2.45, 2.75) is 31.7 Å². The van der Waals surface area contributed by atoms with E-state index in [-0.39, 0.29) is 10.9 Å². The number of para-hydroxylation sites is 2. The van der Waals surface area contributed by atoms with Crippen LogP contribution in [0.3, 0.4) is 0 Å². The predicted molar refractivity (Wildman–Crippen MR) is 133 cm³/mol. The smallest absolute Gasteiger partial charge is 0.264 e. The molecule has 0 unspecified atom stereocenters. The lowest BCUT2D eigenvalue weighted by molar-refractivity contribution is -0.120. The lowest BCUT2D eigenvalue weighted by atomic mass is 10.1. The van der Waals surface area contributed by atoms with Gasteiger partial charge < -0.3 is 14.8 Å². The zero-order chi connectivity index (χ0) is 24.7. The number of rotatable bonds is 10. The Hall–Kier alpha value is -3.52. The topological polar surface area (TPSA) is 84.9 Å². The molecule has 0 aliphatic carbocycles. The maximum Gasteiger partial charge on any atom is 0.264 e. The molecule has 34 heavy (non-hydrogen) atoms. The van der Waals surface area contributed by atoms with Gasteiger partial charge in [-0.15, -0.1) is 0 Å². The second-order valence-corrected chi connectivity index (χ2v) is 9.65. The van der Waals surface area contributed by atoms with E-state index >= 15 is 0 Å². The number of ether oxygens (including phenoxy) is 2. The number of benzene rings is 3. The van der Waals surface area contributed by atoms with E-state index in [2.05, 4.69) is 5.32 Å². The number of sulfonamides is 1. The van der Waals surface area contributed by atoms with Gasteiger partial charge in [0.25, 0.3) is 10.0 Å². The first-order valence-corrected chi connectivity index (χ1v) is 12.4. The fourth-order valence-corrected chi connectivity index (χ4v) is 4.90. The summed E-state index contributed by atoms with van der Waals surface area (Å²) in [5, 5.41) is 2.89. The fraction of sp³-hybridized carbons (Fsp3) is 0.269. The molecule has 180 valence electrons. The van der Waals surface area contributed by atoms with Crippen molar-refractivity contribution in [2.75, 3.05) is 24.6 Å². The van der Waals surface area contributed by atoms with E-state index in [0.29, 0.717) is 23.8 Å². The lowest BCUT2D eigenvalue weighted by Gasteiger charge is -2.26. The Balaban J connectivity index is 1.92. The maximum absolute atomic E-state index is 13.6. The zero-order valence-electron chi connectivity index (χ0n) is 19.8. The third-order valence-corrected chi connectivity index (χ3v) is 7.10. The molecule has 0 radical (unpaired) electrons.